The zero-order chi connectivity index (χ0) is 15.8. The summed E-state index contributed by atoms with van der Waals surface area (Å²) in [5.74, 6) is -0.113. The first kappa shape index (κ1) is 15.3. The van der Waals surface area contributed by atoms with Crippen LogP contribution < -0.4 is 10.5 Å². The first-order chi connectivity index (χ1) is 9.61. The Hall–Kier alpha value is -2.07. The van der Waals surface area contributed by atoms with Crippen LogP contribution in [-0.4, -0.2) is 32.6 Å². The van der Waals surface area contributed by atoms with Gasteiger partial charge in [-0.05, 0) is 24.3 Å². The van der Waals surface area contributed by atoms with Gasteiger partial charge in [-0.15, -0.1) is 0 Å². The predicted molar refractivity (Wildman–Crippen MR) is 78.0 cm³/mol. The molecule has 0 spiro atoms. The van der Waals surface area contributed by atoms with Gasteiger partial charge in [0.25, 0.3) is 10.0 Å². The Bertz CT molecular complexity index is 848. The lowest BCUT2D eigenvalue weighted by Crippen LogP contribution is -2.17. The highest BCUT2D eigenvalue weighted by molar-refractivity contribution is 7.92. The summed E-state index contributed by atoms with van der Waals surface area (Å²) in [6.45, 7) is 0. The second-order valence-corrected chi connectivity index (χ2v) is 8.06. The Kier molecular flexibility index (Phi) is 3.68. The van der Waals surface area contributed by atoms with Gasteiger partial charge >= 0.3 is 0 Å². The van der Waals surface area contributed by atoms with E-state index < -0.39 is 19.9 Å². The molecule has 3 N–H and O–H groups in total. The average molecular weight is 330 g/mol. The highest BCUT2D eigenvalue weighted by Gasteiger charge is 2.22. The number of sulfone groups is 1. The number of nitrogen functional groups attached to an aromatic ring is 1. The highest BCUT2D eigenvalue weighted by Crippen LogP contribution is 2.21. The highest BCUT2D eigenvalue weighted by atomic mass is 32.2. The van der Waals surface area contributed by atoms with Gasteiger partial charge in [0.1, 0.15) is 0 Å². The maximum absolute atomic E-state index is 12.2. The molecular formula is C11H14N4O4S2. The zero-order valence-electron chi connectivity index (χ0n) is 11.3. The smallest absolute Gasteiger partial charge is 0.281 e. The van der Waals surface area contributed by atoms with Crippen molar-refractivity contribution in [2.45, 2.75) is 9.92 Å². The van der Waals surface area contributed by atoms with Crippen LogP contribution in [0.25, 0.3) is 0 Å². The van der Waals surface area contributed by atoms with Crippen LogP contribution in [0.5, 0.6) is 0 Å². The van der Waals surface area contributed by atoms with Crippen molar-refractivity contribution in [2.24, 2.45) is 7.05 Å². The van der Waals surface area contributed by atoms with Gasteiger partial charge in [0, 0.05) is 19.0 Å². The van der Waals surface area contributed by atoms with Crippen molar-refractivity contribution >= 4 is 31.4 Å². The summed E-state index contributed by atoms with van der Waals surface area (Å²) < 4.78 is 50.7. The lowest BCUT2D eigenvalue weighted by Gasteiger charge is -2.09. The molecule has 0 aliphatic rings. The second kappa shape index (κ2) is 5.04. The topological polar surface area (TPSA) is 124 Å². The zero-order valence-corrected chi connectivity index (χ0v) is 12.9. The van der Waals surface area contributed by atoms with E-state index in [9.17, 15) is 16.8 Å². The maximum Gasteiger partial charge on any atom is 0.281 e. The standard InChI is InChI=1S/C11H14N4O4S2/c1-15-7-13-10(12)11(15)21(18,19)14-8-3-5-9(6-4-8)20(2,16)17/h3-7,14H,12H2,1-2H3. The van der Waals surface area contributed by atoms with E-state index in [0.29, 0.717) is 0 Å². The van der Waals surface area contributed by atoms with E-state index >= 15 is 0 Å². The summed E-state index contributed by atoms with van der Waals surface area (Å²) in [7, 11) is -5.73. The molecule has 1 heterocycles. The lowest BCUT2D eigenvalue weighted by molar-refractivity contribution is 0.591. The Balaban J connectivity index is 2.34. The number of benzene rings is 1. The number of rotatable bonds is 4. The van der Waals surface area contributed by atoms with E-state index in [2.05, 4.69) is 9.71 Å². The monoisotopic (exact) mass is 330 g/mol. The van der Waals surface area contributed by atoms with Crippen molar-refractivity contribution < 1.29 is 16.8 Å². The molecule has 0 atom stereocenters. The van der Waals surface area contributed by atoms with E-state index in [4.69, 9.17) is 5.73 Å². The van der Waals surface area contributed by atoms with Gasteiger partial charge in [-0.2, -0.15) is 8.42 Å². The molecule has 0 saturated carbocycles. The minimum absolute atomic E-state index is 0.102. The molecule has 8 nitrogen and oxygen atoms in total. The largest absolute Gasteiger partial charge is 0.381 e. The number of hydrogen-bond donors (Lipinski definition) is 2. The number of sulfonamides is 1. The lowest BCUT2D eigenvalue weighted by atomic mass is 10.3. The Morgan fingerprint density at radius 2 is 1.71 bits per heavy atom. The normalized spacial score (nSPS) is 12.3. The van der Waals surface area contributed by atoms with E-state index in [1.54, 1.807) is 0 Å². The second-order valence-electron chi connectivity index (χ2n) is 4.45. The van der Waals surface area contributed by atoms with E-state index in [0.717, 1.165) is 6.26 Å². The van der Waals surface area contributed by atoms with Gasteiger partial charge < -0.3 is 10.3 Å². The number of anilines is 2. The summed E-state index contributed by atoms with van der Waals surface area (Å²) in [5.41, 5.74) is 5.76. The van der Waals surface area contributed by atoms with Gasteiger partial charge in [0.2, 0.25) is 0 Å². The molecule has 21 heavy (non-hydrogen) atoms. The molecule has 1 aromatic carbocycles. The predicted octanol–water partition coefficient (Wildman–Crippen LogP) is 0.207. The van der Waals surface area contributed by atoms with Crippen LogP contribution in [0.2, 0.25) is 0 Å². The molecule has 2 rings (SSSR count). The maximum atomic E-state index is 12.2. The van der Waals surface area contributed by atoms with Crippen LogP contribution in [0.4, 0.5) is 11.5 Å². The van der Waals surface area contributed by atoms with Crippen molar-refractivity contribution in [1.82, 2.24) is 9.55 Å². The molecule has 0 unspecified atom stereocenters. The van der Waals surface area contributed by atoms with Crippen LogP contribution >= 0.6 is 0 Å². The van der Waals surface area contributed by atoms with Crippen molar-refractivity contribution in [3.63, 3.8) is 0 Å². The van der Waals surface area contributed by atoms with Crippen molar-refractivity contribution in [3.8, 4) is 0 Å². The molecule has 10 heteroatoms. The van der Waals surface area contributed by atoms with Gasteiger partial charge in [0.05, 0.1) is 11.2 Å². The summed E-state index contributed by atoms with van der Waals surface area (Å²) >= 11 is 0. The number of aromatic nitrogens is 2. The molecule has 114 valence electrons. The van der Waals surface area contributed by atoms with Crippen molar-refractivity contribution in [2.75, 3.05) is 16.7 Å². The van der Waals surface area contributed by atoms with Crippen LogP contribution in [0, 0.1) is 0 Å². The third kappa shape index (κ3) is 3.16. The van der Waals surface area contributed by atoms with Crippen LogP contribution in [0.3, 0.4) is 0 Å². The third-order valence-electron chi connectivity index (χ3n) is 2.70. The number of aryl methyl sites for hydroxylation is 1. The van der Waals surface area contributed by atoms with Gasteiger partial charge in [-0.25, -0.2) is 13.4 Å². The Morgan fingerprint density at radius 3 is 2.14 bits per heavy atom. The molecule has 0 bridgehead atoms. The number of imidazole rings is 1. The quantitative estimate of drug-likeness (QED) is 0.825. The third-order valence-corrected chi connectivity index (χ3v) is 5.34. The van der Waals surface area contributed by atoms with Gasteiger partial charge in [-0.3, -0.25) is 4.72 Å². The number of nitrogens with zero attached hydrogens (tertiary/aromatic N) is 2. The molecule has 0 amide bonds. The number of nitrogens with one attached hydrogen (secondary N) is 1. The molecule has 0 saturated heterocycles. The first-order valence-electron chi connectivity index (χ1n) is 5.71. The molecule has 0 radical (unpaired) electrons. The fourth-order valence-corrected chi connectivity index (χ4v) is 3.67. The van der Waals surface area contributed by atoms with Crippen molar-refractivity contribution in [1.29, 1.82) is 0 Å². The minimum Gasteiger partial charge on any atom is -0.381 e. The van der Waals surface area contributed by atoms with Crippen LogP contribution in [-0.2, 0) is 26.9 Å². The van der Waals surface area contributed by atoms with Crippen LogP contribution in [0.15, 0.2) is 40.5 Å². The average Bonchev–Trinajstić information content (AvgIpc) is 2.68. The fourth-order valence-electron chi connectivity index (χ4n) is 1.74. The molecule has 0 aliphatic heterocycles. The van der Waals surface area contributed by atoms with Crippen molar-refractivity contribution in [3.05, 3.63) is 30.6 Å². The molecular weight excluding hydrogens is 316 g/mol. The molecule has 1 aromatic heterocycles. The molecule has 2 aromatic rings. The van der Waals surface area contributed by atoms with E-state index in [1.807, 2.05) is 0 Å². The first-order valence-corrected chi connectivity index (χ1v) is 9.08. The Morgan fingerprint density at radius 1 is 1.14 bits per heavy atom. The van der Waals surface area contributed by atoms with Gasteiger partial charge in [0.15, 0.2) is 20.7 Å². The van der Waals surface area contributed by atoms with E-state index in [-0.39, 0.29) is 21.4 Å². The summed E-state index contributed by atoms with van der Waals surface area (Å²) in [6, 6.07) is 5.36. The van der Waals surface area contributed by atoms with Gasteiger partial charge in [-0.1, -0.05) is 0 Å². The van der Waals surface area contributed by atoms with Crippen LogP contribution in [0.1, 0.15) is 0 Å². The molecule has 0 fully saturated rings. The summed E-state index contributed by atoms with van der Waals surface area (Å²) in [6.07, 6.45) is 2.36. The summed E-state index contributed by atoms with van der Waals surface area (Å²) in [4.78, 5) is 3.82. The number of hydrogen-bond acceptors (Lipinski definition) is 6. The number of nitrogens with two attached hydrogens (primary N) is 1. The fraction of sp³-hybridized carbons (Fsp3) is 0.182. The minimum atomic E-state index is -3.90. The summed E-state index contributed by atoms with van der Waals surface area (Å²) in [5, 5.41) is -0.158. The molecule has 0 aliphatic carbocycles. The Labute approximate surface area is 122 Å². The SMILES string of the molecule is Cn1cnc(N)c1S(=O)(=O)Nc1ccc(S(C)(=O)=O)cc1. The van der Waals surface area contributed by atoms with E-state index in [1.165, 1.54) is 42.2 Å².